The first-order valence-electron chi connectivity index (χ1n) is 10.2. The molecule has 0 saturated carbocycles. The molecule has 1 amide bonds. The van der Waals surface area contributed by atoms with Crippen molar-refractivity contribution in [1.29, 1.82) is 5.26 Å². The summed E-state index contributed by atoms with van der Waals surface area (Å²) in [5.41, 5.74) is 6.77. The van der Waals surface area contributed by atoms with Crippen LogP contribution in [-0.2, 0) is 15.0 Å². The van der Waals surface area contributed by atoms with Crippen molar-refractivity contribution in [1.82, 2.24) is 0 Å². The van der Waals surface area contributed by atoms with Crippen LogP contribution in [0.5, 0.6) is 0 Å². The minimum Gasteiger partial charge on any atom is -0.384 e. The van der Waals surface area contributed by atoms with Crippen molar-refractivity contribution in [2.24, 2.45) is 5.73 Å². The molecule has 2 aromatic carbocycles. The highest BCUT2D eigenvalue weighted by Crippen LogP contribution is 2.55. The van der Waals surface area contributed by atoms with Crippen molar-refractivity contribution in [3.63, 3.8) is 0 Å². The van der Waals surface area contributed by atoms with E-state index in [0.717, 1.165) is 11.6 Å². The average Bonchev–Trinajstić information content (AvgIpc) is 3.02. The number of ketones is 1. The number of nitrogens with zero attached hydrogens (tertiary/aromatic N) is 2. The third-order valence-electron chi connectivity index (χ3n) is 6.33. The van der Waals surface area contributed by atoms with Gasteiger partial charge in [-0.05, 0) is 38.0 Å². The van der Waals surface area contributed by atoms with Crippen molar-refractivity contribution in [3.05, 3.63) is 81.8 Å². The van der Waals surface area contributed by atoms with Gasteiger partial charge in [0.05, 0.1) is 11.3 Å². The second-order valence-electron chi connectivity index (χ2n) is 8.15. The van der Waals surface area contributed by atoms with E-state index in [9.17, 15) is 23.6 Å². The molecular formula is C24H18F2N4O2. The Bertz CT molecular complexity index is 1340. The summed E-state index contributed by atoms with van der Waals surface area (Å²) >= 11 is 0. The number of amides is 1. The molecule has 5 rings (SSSR count). The Labute approximate surface area is 182 Å². The number of allylic oxidation sites excluding steroid dienone is 1. The van der Waals surface area contributed by atoms with Crippen LogP contribution in [0.3, 0.4) is 0 Å². The molecule has 0 radical (unpaired) electrons. The van der Waals surface area contributed by atoms with Gasteiger partial charge in [-0.3, -0.25) is 14.5 Å². The van der Waals surface area contributed by atoms with Crippen molar-refractivity contribution < 1.29 is 18.4 Å². The van der Waals surface area contributed by atoms with Crippen LogP contribution in [0.25, 0.3) is 0 Å². The summed E-state index contributed by atoms with van der Waals surface area (Å²) in [5, 5.41) is 13.0. The van der Waals surface area contributed by atoms with Crippen molar-refractivity contribution in [2.75, 3.05) is 10.2 Å². The number of fused-ring (bicyclic) bond motifs is 3. The SMILES string of the molecule is Cc1ccc2c(c1)[C@@]1(C(=O)N2)C(C#N)=C(N)N(c2ccc(F)cc2F)C2=C1C(=O)CCC2. The Morgan fingerprint density at radius 1 is 1.16 bits per heavy atom. The van der Waals surface area contributed by atoms with Crippen LogP contribution in [0.2, 0.25) is 0 Å². The number of rotatable bonds is 1. The van der Waals surface area contributed by atoms with Gasteiger partial charge in [0.15, 0.2) is 5.78 Å². The van der Waals surface area contributed by atoms with Gasteiger partial charge >= 0.3 is 0 Å². The number of hydrogen-bond donors (Lipinski definition) is 2. The first kappa shape index (κ1) is 19.9. The lowest BCUT2D eigenvalue weighted by Gasteiger charge is -2.43. The summed E-state index contributed by atoms with van der Waals surface area (Å²) in [5.74, 6) is -2.66. The van der Waals surface area contributed by atoms with E-state index in [-0.39, 0.29) is 34.9 Å². The summed E-state index contributed by atoms with van der Waals surface area (Å²) in [6, 6.07) is 10.3. The topological polar surface area (TPSA) is 99.2 Å². The molecule has 0 aromatic heterocycles. The second-order valence-corrected chi connectivity index (χ2v) is 8.15. The van der Waals surface area contributed by atoms with Gasteiger partial charge in [-0.2, -0.15) is 5.26 Å². The highest BCUT2D eigenvalue weighted by Gasteiger charge is 2.60. The lowest BCUT2D eigenvalue weighted by molar-refractivity contribution is -0.122. The van der Waals surface area contributed by atoms with E-state index in [1.807, 2.05) is 19.1 Å². The smallest absolute Gasteiger partial charge is 0.245 e. The Kier molecular flexibility index (Phi) is 4.21. The van der Waals surface area contributed by atoms with E-state index in [4.69, 9.17) is 5.73 Å². The monoisotopic (exact) mass is 432 g/mol. The molecule has 3 N–H and O–H groups in total. The quantitative estimate of drug-likeness (QED) is 0.716. The Hall–Kier alpha value is -3.99. The van der Waals surface area contributed by atoms with Crippen molar-refractivity contribution >= 4 is 23.1 Å². The fourth-order valence-corrected chi connectivity index (χ4v) is 5.04. The molecule has 0 bridgehead atoms. The van der Waals surface area contributed by atoms with Gasteiger partial charge in [-0.25, -0.2) is 8.78 Å². The lowest BCUT2D eigenvalue weighted by Crippen LogP contribution is -2.51. The number of nitriles is 1. The minimum atomic E-state index is -1.71. The molecule has 8 heteroatoms. The number of Topliss-reactive ketones (excluding diaryl/α,β-unsaturated/α-hetero) is 1. The largest absolute Gasteiger partial charge is 0.384 e. The molecule has 1 spiro atoms. The van der Waals surface area contributed by atoms with E-state index in [1.54, 1.807) is 12.1 Å². The predicted octanol–water partition coefficient (Wildman–Crippen LogP) is 3.68. The molecule has 1 atom stereocenters. The molecule has 2 aromatic rings. The molecule has 0 fully saturated rings. The summed E-state index contributed by atoms with van der Waals surface area (Å²) in [6.07, 6.45) is 1.01. The van der Waals surface area contributed by atoms with Crippen LogP contribution < -0.4 is 16.0 Å². The fourth-order valence-electron chi connectivity index (χ4n) is 5.04. The van der Waals surface area contributed by atoms with Gasteiger partial charge in [0.25, 0.3) is 0 Å². The first-order valence-corrected chi connectivity index (χ1v) is 10.2. The zero-order valence-corrected chi connectivity index (χ0v) is 17.1. The first-order chi connectivity index (χ1) is 15.3. The number of halogens is 2. The molecule has 160 valence electrons. The number of aryl methyl sites for hydroxylation is 1. The van der Waals surface area contributed by atoms with E-state index in [1.165, 1.54) is 11.0 Å². The van der Waals surface area contributed by atoms with Gasteiger partial charge in [-0.1, -0.05) is 17.7 Å². The Morgan fingerprint density at radius 2 is 1.94 bits per heavy atom. The number of carbonyl (C=O) groups excluding carboxylic acids is 2. The normalized spacial score (nSPS) is 22.1. The summed E-state index contributed by atoms with van der Waals surface area (Å²) in [6.45, 7) is 1.84. The number of anilines is 2. The van der Waals surface area contributed by atoms with E-state index >= 15 is 0 Å². The zero-order chi connectivity index (χ0) is 22.8. The highest BCUT2D eigenvalue weighted by molar-refractivity contribution is 6.19. The van der Waals surface area contributed by atoms with Crippen LogP contribution in [0.15, 0.2) is 59.1 Å². The van der Waals surface area contributed by atoms with Gasteiger partial charge in [0, 0.05) is 35.0 Å². The standard InChI is InChI=1S/C24H18F2N4O2/c1-12-5-7-17-14(9-12)24(23(32)29-17)15(11-27)22(28)30(18-8-6-13(25)10-16(18)26)19-3-2-4-20(31)21(19)24/h5-10H,2-4,28H2,1H3,(H,29,32)/t24-/m1/s1. The lowest BCUT2D eigenvalue weighted by atomic mass is 9.63. The second kappa shape index (κ2) is 6.76. The average molecular weight is 432 g/mol. The number of benzene rings is 2. The summed E-state index contributed by atoms with van der Waals surface area (Å²) in [4.78, 5) is 28.1. The van der Waals surface area contributed by atoms with Crippen molar-refractivity contribution in [2.45, 2.75) is 31.6 Å². The maximum absolute atomic E-state index is 14.8. The van der Waals surface area contributed by atoms with Crippen LogP contribution in [-0.4, -0.2) is 11.7 Å². The minimum absolute atomic E-state index is 0.0865. The maximum atomic E-state index is 14.8. The molecule has 1 aliphatic carbocycles. The highest BCUT2D eigenvalue weighted by atomic mass is 19.1. The van der Waals surface area contributed by atoms with Crippen LogP contribution in [0, 0.1) is 29.9 Å². The van der Waals surface area contributed by atoms with Crippen LogP contribution in [0.1, 0.15) is 30.4 Å². The number of hydrogen-bond acceptors (Lipinski definition) is 5. The third kappa shape index (κ3) is 2.42. The molecular weight excluding hydrogens is 414 g/mol. The van der Waals surface area contributed by atoms with E-state index in [0.29, 0.717) is 35.9 Å². The maximum Gasteiger partial charge on any atom is 0.245 e. The number of carbonyl (C=O) groups is 2. The van der Waals surface area contributed by atoms with E-state index in [2.05, 4.69) is 5.32 Å². The summed E-state index contributed by atoms with van der Waals surface area (Å²) in [7, 11) is 0. The van der Waals surface area contributed by atoms with E-state index < -0.39 is 23.0 Å². The Balaban J connectivity index is 1.90. The molecule has 0 unspecified atom stereocenters. The van der Waals surface area contributed by atoms with Gasteiger partial charge in [0.2, 0.25) is 5.91 Å². The van der Waals surface area contributed by atoms with Gasteiger partial charge in [0.1, 0.15) is 28.9 Å². The molecule has 0 saturated heterocycles. The molecule has 2 aliphatic heterocycles. The molecule has 2 heterocycles. The van der Waals surface area contributed by atoms with Gasteiger partial charge < -0.3 is 11.1 Å². The van der Waals surface area contributed by atoms with Crippen LogP contribution in [0.4, 0.5) is 20.2 Å². The number of nitrogens with two attached hydrogens (primary N) is 1. The molecule has 3 aliphatic rings. The third-order valence-corrected chi connectivity index (χ3v) is 6.33. The predicted molar refractivity (Wildman–Crippen MR) is 113 cm³/mol. The summed E-state index contributed by atoms with van der Waals surface area (Å²) < 4.78 is 28.4. The van der Waals surface area contributed by atoms with Crippen LogP contribution >= 0.6 is 0 Å². The Morgan fingerprint density at radius 3 is 2.66 bits per heavy atom. The van der Waals surface area contributed by atoms with Gasteiger partial charge in [-0.15, -0.1) is 0 Å². The van der Waals surface area contributed by atoms with Crippen molar-refractivity contribution in [3.8, 4) is 6.07 Å². The molecule has 6 nitrogen and oxygen atoms in total. The number of nitrogens with one attached hydrogen (secondary N) is 1. The zero-order valence-electron chi connectivity index (χ0n) is 17.1. The fraction of sp³-hybridized carbons (Fsp3) is 0.208. The molecule has 32 heavy (non-hydrogen) atoms.